The third-order valence-corrected chi connectivity index (χ3v) is 4.07. The average Bonchev–Trinajstić information content (AvgIpc) is 2.50. The number of carbonyl (C=O) groups excluding carboxylic acids is 1. The number of rotatable bonds is 6. The van der Waals surface area contributed by atoms with Gasteiger partial charge in [0.2, 0.25) is 5.78 Å². The number of ether oxygens (including phenoxy) is 1. The largest absolute Gasteiger partial charge is 0.484 e. The van der Waals surface area contributed by atoms with Gasteiger partial charge in [-0.25, -0.2) is 4.79 Å². The summed E-state index contributed by atoms with van der Waals surface area (Å²) in [5.74, 6) is -0.389. The van der Waals surface area contributed by atoms with Crippen molar-refractivity contribution in [3.63, 3.8) is 0 Å². The van der Waals surface area contributed by atoms with E-state index in [0.29, 0.717) is 28.2 Å². The maximum atomic E-state index is 12.3. The predicted molar refractivity (Wildman–Crippen MR) is 95.0 cm³/mol. The number of aromatic amines is 1. The Bertz CT molecular complexity index is 891. The molecule has 9 heteroatoms. The molecule has 0 unspecified atom stereocenters. The van der Waals surface area contributed by atoms with Crippen LogP contribution >= 0.6 is 27.5 Å². The normalized spacial score (nSPS) is 10.6. The summed E-state index contributed by atoms with van der Waals surface area (Å²) in [6.07, 6.45) is 0.623. The van der Waals surface area contributed by atoms with Gasteiger partial charge in [0.25, 0.3) is 5.56 Å². The third-order valence-electron chi connectivity index (χ3n) is 3.22. The first kappa shape index (κ1) is 18.3. The lowest BCUT2D eigenvalue weighted by atomic mass is 10.2. The highest BCUT2D eigenvalue weighted by atomic mass is 79.9. The number of benzene rings is 1. The van der Waals surface area contributed by atoms with E-state index in [9.17, 15) is 14.4 Å². The minimum Gasteiger partial charge on any atom is -0.484 e. The molecule has 0 aliphatic carbocycles. The number of anilines is 1. The lowest BCUT2D eigenvalue weighted by molar-refractivity contribution is 0.0919. The number of nitrogens with two attached hydrogens (primary N) is 1. The molecule has 0 bridgehead atoms. The van der Waals surface area contributed by atoms with Gasteiger partial charge in [0.1, 0.15) is 17.1 Å². The number of nitrogens with zero attached hydrogens (tertiary/aromatic N) is 1. The zero-order valence-corrected chi connectivity index (χ0v) is 15.1. The summed E-state index contributed by atoms with van der Waals surface area (Å²) in [6.45, 7) is 1.74. The highest BCUT2D eigenvalue weighted by Gasteiger charge is 2.20. The fraction of sp³-hybridized carbons (Fsp3) is 0.267. The lowest BCUT2D eigenvalue weighted by Crippen LogP contribution is -2.37. The van der Waals surface area contributed by atoms with E-state index < -0.39 is 23.6 Å². The summed E-state index contributed by atoms with van der Waals surface area (Å²) in [7, 11) is 0. The molecule has 0 aliphatic rings. The van der Waals surface area contributed by atoms with Crippen LogP contribution in [0.1, 0.15) is 23.7 Å². The molecule has 0 spiro atoms. The van der Waals surface area contributed by atoms with E-state index in [0.717, 1.165) is 4.57 Å². The molecule has 7 nitrogen and oxygen atoms in total. The molecule has 1 aromatic heterocycles. The van der Waals surface area contributed by atoms with Crippen LogP contribution in [0.2, 0.25) is 5.02 Å². The summed E-state index contributed by atoms with van der Waals surface area (Å²) < 4.78 is 7.13. The van der Waals surface area contributed by atoms with Crippen molar-refractivity contribution >= 4 is 39.1 Å². The van der Waals surface area contributed by atoms with Crippen LogP contribution in [0.4, 0.5) is 5.82 Å². The minimum atomic E-state index is -0.825. The Kier molecular flexibility index (Phi) is 5.84. The van der Waals surface area contributed by atoms with Crippen LogP contribution in [0.5, 0.6) is 5.75 Å². The molecular formula is C15H15BrClN3O4. The molecule has 0 radical (unpaired) electrons. The van der Waals surface area contributed by atoms with E-state index in [-0.39, 0.29) is 11.4 Å². The molecule has 1 heterocycles. The van der Waals surface area contributed by atoms with Gasteiger partial charge in [-0.05, 0) is 40.5 Å². The molecule has 0 aliphatic heterocycles. The molecule has 0 saturated carbocycles. The van der Waals surface area contributed by atoms with Crippen LogP contribution in [0.3, 0.4) is 0 Å². The second-order valence-electron chi connectivity index (χ2n) is 4.96. The zero-order valence-electron chi connectivity index (χ0n) is 12.8. The number of nitrogen functional groups attached to an aromatic ring is 1. The Hall–Kier alpha value is -2.06. The van der Waals surface area contributed by atoms with Crippen LogP contribution in [-0.4, -0.2) is 21.9 Å². The summed E-state index contributed by atoms with van der Waals surface area (Å²) in [6, 6.07) is 4.81. The average molecular weight is 417 g/mol. The van der Waals surface area contributed by atoms with Crippen molar-refractivity contribution in [3.05, 3.63) is 54.1 Å². The smallest absolute Gasteiger partial charge is 0.329 e. The second kappa shape index (κ2) is 7.67. The number of nitrogens with one attached hydrogen (secondary N) is 1. The predicted octanol–water partition coefficient (Wildman–Crippen LogP) is 2.21. The molecule has 128 valence electrons. The number of H-pyrrole nitrogens is 1. The highest BCUT2D eigenvalue weighted by Crippen LogP contribution is 2.28. The van der Waals surface area contributed by atoms with Crippen LogP contribution in [0.15, 0.2) is 32.3 Å². The third kappa shape index (κ3) is 3.88. The quantitative estimate of drug-likeness (QED) is 0.702. The Morgan fingerprint density at radius 1 is 1.42 bits per heavy atom. The number of aromatic nitrogens is 2. The zero-order chi connectivity index (χ0) is 17.9. The Morgan fingerprint density at radius 3 is 2.75 bits per heavy atom. The SMILES string of the molecule is CCCn1c(N)c(C(=O)COc2ccc(Cl)cc2Br)c(=O)[nH]c1=O. The van der Waals surface area contributed by atoms with E-state index in [1.54, 1.807) is 18.2 Å². The van der Waals surface area contributed by atoms with E-state index in [1.807, 2.05) is 6.92 Å². The lowest BCUT2D eigenvalue weighted by Gasteiger charge is -2.12. The van der Waals surface area contributed by atoms with Gasteiger partial charge in [0.15, 0.2) is 6.61 Å². The second-order valence-corrected chi connectivity index (χ2v) is 6.25. The number of Topliss-reactive ketones (excluding diaryl/α,β-unsaturated/α-hetero) is 1. The van der Waals surface area contributed by atoms with Crippen molar-refractivity contribution in [1.29, 1.82) is 0 Å². The standard InChI is InChI=1S/C15H15BrClN3O4/c1-2-5-20-13(18)12(14(22)19-15(20)23)10(21)7-24-11-4-3-8(17)6-9(11)16/h3-4,6H,2,5,7,18H2,1H3,(H,19,22,23). The van der Waals surface area contributed by atoms with Gasteiger partial charge in [-0.1, -0.05) is 18.5 Å². The van der Waals surface area contributed by atoms with Gasteiger partial charge in [0, 0.05) is 11.6 Å². The minimum absolute atomic E-state index is 0.158. The first-order valence-corrected chi connectivity index (χ1v) is 8.25. The molecule has 0 fully saturated rings. The molecule has 0 saturated heterocycles. The summed E-state index contributed by atoms with van der Waals surface area (Å²) in [4.78, 5) is 38.1. The van der Waals surface area contributed by atoms with E-state index in [4.69, 9.17) is 22.1 Å². The van der Waals surface area contributed by atoms with Gasteiger partial charge in [-0.3, -0.25) is 19.1 Å². The Balaban J connectivity index is 2.28. The van der Waals surface area contributed by atoms with Crippen molar-refractivity contribution in [3.8, 4) is 5.75 Å². The fourth-order valence-corrected chi connectivity index (χ4v) is 2.91. The molecule has 24 heavy (non-hydrogen) atoms. The molecular weight excluding hydrogens is 402 g/mol. The molecule has 0 amide bonds. The van der Waals surface area contributed by atoms with Gasteiger partial charge in [0.05, 0.1) is 4.47 Å². The summed E-state index contributed by atoms with van der Waals surface area (Å²) in [5.41, 5.74) is 4.08. The maximum absolute atomic E-state index is 12.3. The van der Waals surface area contributed by atoms with Crippen molar-refractivity contribution in [2.45, 2.75) is 19.9 Å². The fourth-order valence-electron chi connectivity index (χ4n) is 2.11. The number of ketones is 1. The van der Waals surface area contributed by atoms with Gasteiger partial charge < -0.3 is 10.5 Å². The molecule has 1 aromatic carbocycles. The topological polar surface area (TPSA) is 107 Å². The van der Waals surface area contributed by atoms with Crippen LogP contribution in [-0.2, 0) is 6.54 Å². The molecule has 2 rings (SSSR count). The highest BCUT2D eigenvalue weighted by molar-refractivity contribution is 9.10. The first-order chi connectivity index (χ1) is 11.3. The van der Waals surface area contributed by atoms with Crippen molar-refractivity contribution in [2.24, 2.45) is 0 Å². The Morgan fingerprint density at radius 2 is 2.12 bits per heavy atom. The maximum Gasteiger partial charge on any atom is 0.329 e. The number of carbonyl (C=O) groups is 1. The van der Waals surface area contributed by atoms with E-state index >= 15 is 0 Å². The monoisotopic (exact) mass is 415 g/mol. The van der Waals surface area contributed by atoms with Crippen LogP contribution in [0, 0.1) is 0 Å². The molecule has 0 atom stereocenters. The molecule has 2 aromatic rings. The number of halogens is 2. The summed E-state index contributed by atoms with van der Waals surface area (Å²) in [5, 5.41) is 0.507. The van der Waals surface area contributed by atoms with Gasteiger partial charge in [-0.2, -0.15) is 0 Å². The first-order valence-electron chi connectivity index (χ1n) is 7.08. The van der Waals surface area contributed by atoms with Gasteiger partial charge >= 0.3 is 5.69 Å². The van der Waals surface area contributed by atoms with Gasteiger partial charge in [-0.15, -0.1) is 0 Å². The van der Waals surface area contributed by atoms with E-state index in [1.165, 1.54) is 0 Å². The Labute approximate surface area is 150 Å². The van der Waals surface area contributed by atoms with Crippen molar-refractivity contribution < 1.29 is 9.53 Å². The van der Waals surface area contributed by atoms with Crippen molar-refractivity contribution in [1.82, 2.24) is 9.55 Å². The number of hydrogen-bond donors (Lipinski definition) is 2. The van der Waals surface area contributed by atoms with Crippen molar-refractivity contribution in [2.75, 3.05) is 12.3 Å². The number of hydrogen-bond acceptors (Lipinski definition) is 5. The summed E-state index contributed by atoms with van der Waals surface area (Å²) >= 11 is 9.10. The van der Waals surface area contributed by atoms with E-state index in [2.05, 4.69) is 20.9 Å². The van der Waals surface area contributed by atoms with Crippen LogP contribution < -0.4 is 21.7 Å². The molecule has 3 N–H and O–H groups in total. The van der Waals surface area contributed by atoms with Crippen LogP contribution in [0.25, 0.3) is 0 Å².